The van der Waals surface area contributed by atoms with Crippen molar-refractivity contribution in [2.45, 2.75) is 18.6 Å². The number of likely N-dealkylation sites (tertiary alicyclic amines) is 1. The second-order valence-corrected chi connectivity index (χ2v) is 4.74. The molecule has 0 radical (unpaired) electrons. The van der Waals surface area contributed by atoms with Gasteiger partial charge in [-0.05, 0) is 18.2 Å². The zero-order chi connectivity index (χ0) is 14.2. The van der Waals surface area contributed by atoms with Gasteiger partial charge in [0, 0.05) is 18.5 Å². The van der Waals surface area contributed by atoms with Crippen LogP contribution >= 0.6 is 11.6 Å². The monoisotopic (exact) mass is 287 g/mol. The van der Waals surface area contributed by atoms with E-state index in [0.29, 0.717) is 0 Å². The Hall–Kier alpha value is -1.66. The van der Waals surface area contributed by atoms with Crippen LogP contribution in [0.5, 0.6) is 0 Å². The lowest BCUT2D eigenvalue weighted by molar-refractivity contribution is -0.141. The third kappa shape index (κ3) is 2.69. The molecule has 1 aromatic carbocycles. The van der Waals surface area contributed by atoms with E-state index >= 15 is 0 Å². The molecular weight excluding hydrogens is 277 g/mol. The zero-order valence-corrected chi connectivity index (χ0v) is 10.5. The molecule has 102 valence electrons. The van der Waals surface area contributed by atoms with Crippen LogP contribution in [0.1, 0.15) is 16.8 Å². The number of β-amino-alcohol motifs (C(OH)–C–C–N with tert-alkyl or cyclic N) is 1. The molecule has 0 unspecified atom stereocenters. The smallest absolute Gasteiger partial charge is 0.326 e. The van der Waals surface area contributed by atoms with Gasteiger partial charge in [0.2, 0.25) is 0 Å². The van der Waals surface area contributed by atoms with Gasteiger partial charge in [0.1, 0.15) is 11.9 Å². The normalized spacial score (nSPS) is 22.6. The summed E-state index contributed by atoms with van der Waals surface area (Å²) in [5.41, 5.74) is 0.00208. The highest BCUT2D eigenvalue weighted by atomic mass is 35.5. The Labute approximate surface area is 113 Å². The summed E-state index contributed by atoms with van der Waals surface area (Å²) in [4.78, 5) is 24.2. The van der Waals surface area contributed by atoms with Crippen LogP contribution in [0.4, 0.5) is 4.39 Å². The van der Waals surface area contributed by atoms with Crippen molar-refractivity contribution in [1.29, 1.82) is 0 Å². The number of aliphatic hydroxyl groups excluding tert-OH is 1. The minimum Gasteiger partial charge on any atom is -0.480 e. The van der Waals surface area contributed by atoms with E-state index in [9.17, 15) is 19.1 Å². The highest BCUT2D eigenvalue weighted by molar-refractivity contribution is 6.30. The molecule has 1 aliphatic heterocycles. The van der Waals surface area contributed by atoms with Crippen LogP contribution in [0, 0.1) is 5.82 Å². The zero-order valence-electron chi connectivity index (χ0n) is 9.72. The molecule has 7 heteroatoms. The van der Waals surface area contributed by atoms with Gasteiger partial charge in [-0.1, -0.05) is 11.6 Å². The maximum atomic E-state index is 13.3. The first-order valence-electron chi connectivity index (χ1n) is 5.57. The molecule has 0 aliphatic carbocycles. The van der Waals surface area contributed by atoms with Crippen LogP contribution in [-0.4, -0.2) is 45.7 Å². The Morgan fingerprint density at radius 1 is 1.42 bits per heavy atom. The molecule has 2 atom stereocenters. The molecular formula is C12H11ClFNO4. The summed E-state index contributed by atoms with van der Waals surface area (Å²) in [7, 11) is 0. The van der Waals surface area contributed by atoms with Gasteiger partial charge in [-0.3, -0.25) is 4.79 Å². The largest absolute Gasteiger partial charge is 0.480 e. The quantitative estimate of drug-likeness (QED) is 0.855. The summed E-state index contributed by atoms with van der Waals surface area (Å²) >= 11 is 5.51. The van der Waals surface area contributed by atoms with Crippen LogP contribution in [-0.2, 0) is 4.79 Å². The fraction of sp³-hybridized carbons (Fsp3) is 0.333. The fourth-order valence-electron chi connectivity index (χ4n) is 2.07. The van der Waals surface area contributed by atoms with Crippen molar-refractivity contribution >= 4 is 23.5 Å². The number of hydrogen-bond donors (Lipinski definition) is 2. The van der Waals surface area contributed by atoms with E-state index in [2.05, 4.69) is 0 Å². The van der Waals surface area contributed by atoms with E-state index in [1.165, 1.54) is 12.1 Å². The number of carboxylic acid groups (broad SMARTS) is 1. The summed E-state index contributed by atoms with van der Waals surface area (Å²) in [5.74, 6) is -2.59. The fourth-order valence-corrected chi connectivity index (χ4v) is 2.18. The Kier molecular flexibility index (Phi) is 3.73. The predicted octanol–water partition coefficient (Wildman–Crippen LogP) is 1.14. The molecule has 1 saturated heterocycles. The van der Waals surface area contributed by atoms with E-state index in [1.54, 1.807) is 0 Å². The standard InChI is InChI=1S/C12H11ClFNO4/c13-8-2-1-6(3-9(8)14)11(17)15-5-7(16)4-10(15)12(18)19/h1-3,7,10,16H,4-5H2,(H,18,19)/t7-,10-/m1/s1. The first-order chi connectivity index (χ1) is 8.90. The van der Waals surface area contributed by atoms with E-state index in [1.807, 2.05) is 0 Å². The highest BCUT2D eigenvalue weighted by Crippen LogP contribution is 2.23. The first kappa shape index (κ1) is 13.8. The second-order valence-electron chi connectivity index (χ2n) is 4.33. The van der Waals surface area contributed by atoms with Gasteiger partial charge >= 0.3 is 5.97 Å². The molecule has 5 nitrogen and oxygen atoms in total. The third-order valence-electron chi connectivity index (χ3n) is 2.99. The van der Waals surface area contributed by atoms with Crippen molar-refractivity contribution in [2.24, 2.45) is 0 Å². The first-order valence-corrected chi connectivity index (χ1v) is 5.95. The highest BCUT2D eigenvalue weighted by Gasteiger charge is 2.39. The molecule has 2 N–H and O–H groups in total. The molecule has 1 heterocycles. The second kappa shape index (κ2) is 5.14. The molecule has 1 aliphatic rings. The average molecular weight is 288 g/mol. The summed E-state index contributed by atoms with van der Waals surface area (Å²) in [6.45, 7) is -0.0833. The number of aliphatic carboxylic acids is 1. The van der Waals surface area contributed by atoms with Crippen molar-refractivity contribution in [2.75, 3.05) is 6.54 Å². The van der Waals surface area contributed by atoms with Crippen molar-refractivity contribution < 1.29 is 24.2 Å². The number of hydrogen-bond acceptors (Lipinski definition) is 3. The van der Waals surface area contributed by atoms with Gasteiger partial charge in [0.05, 0.1) is 11.1 Å². The van der Waals surface area contributed by atoms with Crippen LogP contribution < -0.4 is 0 Å². The molecule has 0 aromatic heterocycles. The van der Waals surface area contributed by atoms with Crippen molar-refractivity contribution in [3.63, 3.8) is 0 Å². The van der Waals surface area contributed by atoms with Crippen LogP contribution in [0.2, 0.25) is 5.02 Å². The molecule has 0 saturated carbocycles. The molecule has 1 aromatic rings. The topological polar surface area (TPSA) is 77.8 Å². The van der Waals surface area contributed by atoms with Gasteiger partial charge in [-0.15, -0.1) is 0 Å². The number of carbonyl (C=O) groups excluding carboxylic acids is 1. The number of amides is 1. The number of benzene rings is 1. The Morgan fingerprint density at radius 2 is 2.11 bits per heavy atom. The Balaban J connectivity index is 2.27. The average Bonchev–Trinajstić information content (AvgIpc) is 2.74. The van der Waals surface area contributed by atoms with E-state index < -0.39 is 29.8 Å². The number of carboxylic acids is 1. The maximum absolute atomic E-state index is 13.3. The van der Waals surface area contributed by atoms with E-state index in [-0.39, 0.29) is 23.6 Å². The lowest BCUT2D eigenvalue weighted by Crippen LogP contribution is -2.40. The summed E-state index contributed by atoms with van der Waals surface area (Å²) in [5, 5.41) is 18.3. The summed E-state index contributed by atoms with van der Waals surface area (Å²) in [6, 6.07) is 2.40. The Morgan fingerprint density at radius 3 is 2.68 bits per heavy atom. The molecule has 0 bridgehead atoms. The number of nitrogens with zero attached hydrogens (tertiary/aromatic N) is 1. The molecule has 2 rings (SSSR count). The van der Waals surface area contributed by atoms with Gasteiger partial charge < -0.3 is 15.1 Å². The lowest BCUT2D eigenvalue weighted by Gasteiger charge is -2.21. The SMILES string of the molecule is O=C(O)[C@H]1C[C@@H](O)CN1C(=O)c1ccc(Cl)c(F)c1. The van der Waals surface area contributed by atoms with Crippen LogP contribution in [0.15, 0.2) is 18.2 Å². The van der Waals surface area contributed by atoms with Gasteiger partial charge in [-0.2, -0.15) is 0 Å². The van der Waals surface area contributed by atoms with Crippen LogP contribution in [0.25, 0.3) is 0 Å². The van der Waals surface area contributed by atoms with Gasteiger partial charge in [-0.25, -0.2) is 9.18 Å². The summed E-state index contributed by atoms with van der Waals surface area (Å²) in [6.07, 6.45) is -0.917. The third-order valence-corrected chi connectivity index (χ3v) is 3.30. The molecule has 0 spiro atoms. The van der Waals surface area contributed by atoms with Crippen molar-refractivity contribution in [3.8, 4) is 0 Å². The Bertz CT molecular complexity index is 536. The predicted molar refractivity (Wildman–Crippen MR) is 64.5 cm³/mol. The minimum atomic E-state index is -1.20. The van der Waals surface area contributed by atoms with Crippen molar-refractivity contribution in [1.82, 2.24) is 4.90 Å². The number of halogens is 2. The van der Waals surface area contributed by atoms with E-state index in [4.69, 9.17) is 16.7 Å². The maximum Gasteiger partial charge on any atom is 0.326 e. The molecule has 1 amide bonds. The van der Waals surface area contributed by atoms with Crippen LogP contribution in [0.3, 0.4) is 0 Å². The number of rotatable bonds is 2. The number of aliphatic hydroxyl groups is 1. The van der Waals surface area contributed by atoms with E-state index in [0.717, 1.165) is 11.0 Å². The van der Waals surface area contributed by atoms with Gasteiger partial charge in [0.15, 0.2) is 0 Å². The summed E-state index contributed by atoms with van der Waals surface area (Å²) < 4.78 is 13.3. The minimum absolute atomic E-state index is 0.00208. The molecule has 19 heavy (non-hydrogen) atoms. The van der Waals surface area contributed by atoms with Crippen molar-refractivity contribution in [3.05, 3.63) is 34.6 Å². The number of carbonyl (C=O) groups is 2. The lowest BCUT2D eigenvalue weighted by atomic mass is 10.1. The molecule has 1 fully saturated rings. The van der Waals surface area contributed by atoms with Gasteiger partial charge in [0.25, 0.3) is 5.91 Å².